The summed E-state index contributed by atoms with van der Waals surface area (Å²) in [7, 11) is -3.46. The van der Waals surface area contributed by atoms with Gasteiger partial charge in [0, 0.05) is 19.1 Å². The van der Waals surface area contributed by atoms with Crippen LogP contribution in [0.2, 0.25) is 0 Å². The van der Waals surface area contributed by atoms with Gasteiger partial charge in [0.1, 0.15) is 0 Å². The predicted octanol–water partition coefficient (Wildman–Crippen LogP) is 0.520. The van der Waals surface area contributed by atoms with Gasteiger partial charge in [-0.25, -0.2) is 13.1 Å². The van der Waals surface area contributed by atoms with Crippen LogP contribution in [-0.4, -0.2) is 32.4 Å². The maximum atomic E-state index is 12.0. The molecule has 0 amide bonds. The molecule has 6 heteroatoms. The second kappa shape index (κ2) is 4.73. The number of nitrogens with one attached hydrogen (secondary N) is 1. The van der Waals surface area contributed by atoms with Gasteiger partial charge in [0.25, 0.3) is 0 Å². The topological polar surface area (TPSA) is 73.2 Å². The van der Waals surface area contributed by atoms with E-state index in [4.69, 9.17) is 5.26 Å². The van der Waals surface area contributed by atoms with E-state index in [0.29, 0.717) is 19.5 Å². The van der Waals surface area contributed by atoms with Crippen LogP contribution >= 0.6 is 0 Å². The summed E-state index contributed by atoms with van der Waals surface area (Å²) >= 11 is 0. The summed E-state index contributed by atoms with van der Waals surface area (Å²) in [4.78, 5) is 1.81. The molecule has 0 spiro atoms. The zero-order valence-electron chi connectivity index (χ0n) is 9.20. The third-order valence-electron chi connectivity index (χ3n) is 2.70. The minimum absolute atomic E-state index is 0.181. The SMILES string of the molecule is N#CN1CC[C@@H](NS(=O)(=O)c2ccccc2)C1. The highest BCUT2D eigenvalue weighted by atomic mass is 32.2. The van der Waals surface area contributed by atoms with Crippen molar-refractivity contribution in [2.24, 2.45) is 0 Å². The first-order valence-electron chi connectivity index (χ1n) is 5.34. The van der Waals surface area contributed by atoms with Crippen molar-refractivity contribution in [3.63, 3.8) is 0 Å². The third-order valence-corrected chi connectivity index (χ3v) is 4.24. The molecule has 5 nitrogen and oxygen atoms in total. The average molecular weight is 251 g/mol. The molecule has 1 aromatic carbocycles. The molecular formula is C11H13N3O2S. The smallest absolute Gasteiger partial charge is 0.240 e. The molecule has 1 heterocycles. The van der Waals surface area contributed by atoms with Gasteiger partial charge < -0.3 is 4.90 Å². The molecule has 0 radical (unpaired) electrons. The first-order chi connectivity index (χ1) is 8.12. The molecule has 1 atom stereocenters. The number of hydrogen-bond donors (Lipinski definition) is 1. The van der Waals surface area contributed by atoms with Crippen molar-refractivity contribution in [1.29, 1.82) is 5.26 Å². The number of benzene rings is 1. The maximum absolute atomic E-state index is 12.0. The summed E-state index contributed by atoms with van der Waals surface area (Å²) in [6.07, 6.45) is 2.68. The van der Waals surface area contributed by atoms with Crippen molar-refractivity contribution in [3.8, 4) is 6.19 Å². The molecular weight excluding hydrogens is 238 g/mol. The Morgan fingerprint density at radius 2 is 2.06 bits per heavy atom. The van der Waals surface area contributed by atoms with Crippen molar-refractivity contribution in [2.45, 2.75) is 17.4 Å². The molecule has 0 aromatic heterocycles. The number of sulfonamides is 1. The second-order valence-electron chi connectivity index (χ2n) is 3.97. The van der Waals surface area contributed by atoms with E-state index >= 15 is 0 Å². The highest BCUT2D eigenvalue weighted by Gasteiger charge is 2.26. The molecule has 1 aliphatic rings. The molecule has 0 saturated carbocycles. The van der Waals surface area contributed by atoms with Crippen LogP contribution in [0.25, 0.3) is 0 Å². The summed E-state index contributed by atoms with van der Waals surface area (Å²) < 4.78 is 26.6. The zero-order valence-corrected chi connectivity index (χ0v) is 10.0. The molecule has 1 aromatic rings. The summed E-state index contributed by atoms with van der Waals surface area (Å²) in [5.41, 5.74) is 0. The van der Waals surface area contributed by atoms with Gasteiger partial charge in [-0.15, -0.1) is 0 Å². The van der Waals surface area contributed by atoms with E-state index in [1.54, 1.807) is 35.2 Å². The van der Waals surface area contributed by atoms with Crippen LogP contribution in [-0.2, 0) is 10.0 Å². The molecule has 0 aliphatic carbocycles. The highest BCUT2D eigenvalue weighted by molar-refractivity contribution is 7.89. The molecule has 1 saturated heterocycles. The van der Waals surface area contributed by atoms with E-state index in [-0.39, 0.29) is 10.9 Å². The fraction of sp³-hybridized carbons (Fsp3) is 0.364. The number of likely N-dealkylation sites (tertiary alicyclic amines) is 1. The molecule has 0 bridgehead atoms. The van der Waals surface area contributed by atoms with Gasteiger partial charge in [-0.2, -0.15) is 5.26 Å². The predicted molar refractivity (Wildman–Crippen MR) is 62.4 cm³/mol. The number of nitriles is 1. The Kier molecular flexibility index (Phi) is 3.31. The Labute approximate surface area is 101 Å². The molecule has 2 rings (SSSR count). The van der Waals surface area contributed by atoms with Crippen LogP contribution < -0.4 is 4.72 Å². The summed E-state index contributed by atoms with van der Waals surface area (Å²) in [6.45, 7) is 1.06. The highest BCUT2D eigenvalue weighted by Crippen LogP contribution is 2.13. The molecule has 1 N–H and O–H groups in total. The van der Waals surface area contributed by atoms with E-state index in [0.717, 1.165) is 0 Å². The molecule has 90 valence electrons. The van der Waals surface area contributed by atoms with E-state index in [1.807, 2.05) is 6.19 Å². The fourth-order valence-corrected chi connectivity index (χ4v) is 3.12. The van der Waals surface area contributed by atoms with E-state index in [1.165, 1.54) is 0 Å². The van der Waals surface area contributed by atoms with Crippen molar-refractivity contribution in [1.82, 2.24) is 9.62 Å². The van der Waals surface area contributed by atoms with Crippen LogP contribution in [0.1, 0.15) is 6.42 Å². The quantitative estimate of drug-likeness (QED) is 0.795. The maximum Gasteiger partial charge on any atom is 0.240 e. The number of rotatable bonds is 3. The van der Waals surface area contributed by atoms with E-state index < -0.39 is 10.0 Å². The zero-order chi connectivity index (χ0) is 12.3. The Morgan fingerprint density at radius 3 is 2.65 bits per heavy atom. The van der Waals surface area contributed by atoms with E-state index in [2.05, 4.69) is 4.72 Å². The van der Waals surface area contributed by atoms with Gasteiger partial charge >= 0.3 is 0 Å². The number of hydrogen-bond acceptors (Lipinski definition) is 4. The monoisotopic (exact) mass is 251 g/mol. The van der Waals surface area contributed by atoms with Gasteiger partial charge in [0.2, 0.25) is 10.0 Å². The van der Waals surface area contributed by atoms with Gasteiger partial charge in [-0.3, -0.25) is 0 Å². The molecule has 17 heavy (non-hydrogen) atoms. The van der Waals surface area contributed by atoms with Gasteiger partial charge in [0.15, 0.2) is 6.19 Å². The Bertz CT molecular complexity index is 521. The van der Waals surface area contributed by atoms with Crippen LogP contribution in [0.5, 0.6) is 0 Å². The van der Waals surface area contributed by atoms with Crippen LogP contribution in [0, 0.1) is 11.5 Å². The van der Waals surface area contributed by atoms with E-state index in [9.17, 15) is 8.42 Å². The minimum atomic E-state index is -3.46. The van der Waals surface area contributed by atoms with Crippen molar-refractivity contribution in [3.05, 3.63) is 30.3 Å². The first kappa shape index (κ1) is 11.9. The Balaban J connectivity index is 2.07. The van der Waals surface area contributed by atoms with Crippen LogP contribution in [0.3, 0.4) is 0 Å². The standard InChI is InChI=1S/C11H13N3O2S/c12-9-14-7-6-10(8-14)13-17(15,16)11-4-2-1-3-5-11/h1-5,10,13H,6-8H2/t10-/m1/s1. The molecule has 1 aliphatic heterocycles. The fourth-order valence-electron chi connectivity index (χ4n) is 1.83. The van der Waals surface area contributed by atoms with Crippen LogP contribution in [0.15, 0.2) is 35.2 Å². The largest absolute Gasteiger partial charge is 0.309 e. The number of nitrogens with zero attached hydrogens (tertiary/aromatic N) is 2. The Hall–Kier alpha value is -1.58. The van der Waals surface area contributed by atoms with Gasteiger partial charge in [0.05, 0.1) is 4.90 Å². The lowest BCUT2D eigenvalue weighted by Gasteiger charge is -2.12. The lowest BCUT2D eigenvalue weighted by atomic mass is 10.3. The lowest BCUT2D eigenvalue weighted by Crippen LogP contribution is -2.36. The van der Waals surface area contributed by atoms with Crippen molar-refractivity contribution >= 4 is 10.0 Å². The van der Waals surface area contributed by atoms with Gasteiger partial charge in [-0.05, 0) is 18.6 Å². The molecule has 0 unspecified atom stereocenters. The van der Waals surface area contributed by atoms with Crippen molar-refractivity contribution in [2.75, 3.05) is 13.1 Å². The van der Waals surface area contributed by atoms with Crippen LogP contribution in [0.4, 0.5) is 0 Å². The third kappa shape index (κ3) is 2.75. The second-order valence-corrected chi connectivity index (χ2v) is 5.68. The lowest BCUT2D eigenvalue weighted by molar-refractivity contribution is 0.470. The van der Waals surface area contributed by atoms with Crippen molar-refractivity contribution < 1.29 is 8.42 Å². The first-order valence-corrected chi connectivity index (χ1v) is 6.82. The average Bonchev–Trinajstić information content (AvgIpc) is 2.77. The Morgan fingerprint density at radius 1 is 1.35 bits per heavy atom. The minimum Gasteiger partial charge on any atom is -0.309 e. The normalized spacial score (nSPS) is 20.2. The summed E-state index contributed by atoms with van der Waals surface area (Å²) in [5.74, 6) is 0. The summed E-state index contributed by atoms with van der Waals surface area (Å²) in [5, 5.41) is 8.70. The summed E-state index contributed by atoms with van der Waals surface area (Å²) in [6, 6.07) is 8.07. The van der Waals surface area contributed by atoms with Gasteiger partial charge in [-0.1, -0.05) is 18.2 Å². The molecule has 1 fully saturated rings.